The van der Waals surface area contributed by atoms with Gasteiger partial charge in [-0.15, -0.1) is 0 Å². The molecule has 0 aliphatic carbocycles. The molecule has 1 N–H and O–H groups in total. The van der Waals surface area contributed by atoms with Crippen molar-refractivity contribution in [2.24, 2.45) is 10.9 Å². The van der Waals surface area contributed by atoms with E-state index in [1.807, 2.05) is 18.7 Å². The van der Waals surface area contributed by atoms with E-state index in [0.29, 0.717) is 6.04 Å². The first kappa shape index (κ1) is 12.8. The molecule has 2 atom stereocenters. The van der Waals surface area contributed by atoms with Crippen LogP contribution in [0.25, 0.3) is 0 Å². The number of hydrogen-bond donors (Lipinski definition) is 1. The van der Waals surface area contributed by atoms with Crippen LogP contribution in [0.5, 0.6) is 0 Å². The number of rotatable bonds is 5. The quantitative estimate of drug-likeness (QED) is 0.735. The van der Waals surface area contributed by atoms with Crippen LogP contribution in [0.4, 0.5) is 0 Å². The van der Waals surface area contributed by atoms with Crippen LogP contribution >= 0.6 is 11.8 Å². The molecule has 0 radical (unpaired) electrons. The molecule has 0 aromatic carbocycles. The van der Waals surface area contributed by atoms with Crippen molar-refractivity contribution in [3.05, 3.63) is 0 Å². The third-order valence-electron chi connectivity index (χ3n) is 2.59. The Labute approximate surface area is 97.1 Å². The predicted molar refractivity (Wildman–Crippen MR) is 67.6 cm³/mol. The van der Waals surface area contributed by atoms with Crippen LogP contribution in [0.1, 0.15) is 27.2 Å². The van der Waals surface area contributed by atoms with Crippen molar-refractivity contribution >= 4 is 16.9 Å². The normalized spacial score (nSPS) is 29.1. The third-order valence-corrected chi connectivity index (χ3v) is 3.81. The van der Waals surface area contributed by atoms with Crippen molar-refractivity contribution in [1.29, 1.82) is 0 Å². The summed E-state index contributed by atoms with van der Waals surface area (Å²) in [5.41, 5.74) is 0. The highest BCUT2D eigenvalue weighted by Crippen LogP contribution is 2.19. The Kier molecular flexibility index (Phi) is 6.10. The summed E-state index contributed by atoms with van der Waals surface area (Å²) in [4.78, 5) is 4.53. The average Bonchev–Trinajstić information content (AvgIpc) is 2.23. The summed E-state index contributed by atoms with van der Waals surface area (Å²) in [6.45, 7) is 9.02. The van der Waals surface area contributed by atoms with Crippen molar-refractivity contribution < 1.29 is 4.74 Å². The topological polar surface area (TPSA) is 33.6 Å². The van der Waals surface area contributed by atoms with Crippen LogP contribution in [-0.4, -0.2) is 36.7 Å². The summed E-state index contributed by atoms with van der Waals surface area (Å²) in [7, 11) is 0. The van der Waals surface area contributed by atoms with E-state index in [1.165, 1.54) is 5.75 Å². The molecule has 4 heteroatoms. The monoisotopic (exact) mass is 230 g/mol. The molecule has 1 aliphatic heterocycles. The standard InChI is InChI=1S/C11H22N2OS/c1-4-14-7-5-6-12-11-13-10(3)9(2)8-15-11/h9-10H,4-8H2,1-3H3,(H,12,13). The molecule has 15 heavy (non-hydrogen) atoms. The fourth-order valence-electron chi connectivity index (χ4n) is 1.32. The predicted octanol–water partition coefficient (Wildman–Crippen LogP) is 2.13. The van der Waals surface area contributed by atoms with Gasteiger partial charge in [0.25, 0.3) is 0 Å². The summed E-state index contributed by atoms with van der Waals surface area (Å²) in [6, 6.07) is 0.553. The maximum Gasteiger partial charge on any atom is 0.156 e. The minimum atomic E-state index is 0.553. The summed E-state index contributed by atoms with van der Waals surface area (Å²) in [5, 5.41) is 4.54. The van der Waals surface area contributed by atoms with Gasteiger partial charge in [0.15, 0.2) is 5.17 Å². The Hall–Kier alpha value is -0.220. The second-order valence-electron chi connectivity index (χ2n) is 3.96. The Morgan fingerprint density at radius 1 is 1.53 bits per heavy atom. The summed E-state index contributed by atoms with van der Waals surface area (Å²) >= 11 is 1.84. The van der Waals surface area contributed by atoms with E-state index >= 15 is 0 Å². The first-order valence-electron chi connectivity index (χ1n) is 5.75. The van der Waals surface area contributed by atoms with Crippen LogP contribution < -0.4 is 5.32 Å². The maximum absolute atomic E-state index is 5.26. The van der Waals surface area contributed by atoms with Crippen LogP contribution in [0, 0.1) is 5.92 Å². The van der Waals surface area contributed by atoms with E-state index in [2.05, 4.69) is 24.2 Å². The molecular weight excluding hydrogens is 208 g/mol. The van der Waals surface area contributed by atoms with Gasteiger partial charge in [-0.1, -0.05) is 18.7 Å². The van der Waals surface area contributed by atoms with Crippen molar-refractivity contribution in [3.8, 4) is 0 Å². The first-order chi connectivity index (χ1) is 7.24. The zero-order chi connectivity index (χ0) is 11.1. The summed E-state index contributed by atoms with van der Waals surface area (Å²) in [5.74, 6) is 1.91. The van der Waals surface area contributed by atoms with E-state index in [9.17, 15) is 0 Å². The molecule has 1 heterocycles. The molecule has 0 spiro atoms. The van der Waals surface area contributed by atoms with E-state index < -0.39 is 0 Å². The van der Waals surface area contributed by atoms with Crippen molar-refractivity contribution in [2.45, 2.75) is 33.2 Å². The molecule has 1 aliphatic rings. The molecule has 0 aromatic rings. The number of hydrogen-bond acceptors (Lipinski definition) is 3. The van der Waals surface area contributed by atoms with E-state index in [4.69, 9.17) is 4.74 Å². The summed E-state index contributed by atoms with van der Waals surface area (Å²) in [6.07, 6.45) is 1.02. The smallest absolute Gasteiger partial charge is 0.156 e. The summed E-state index contributed by atoms with van der Waals surface area (Å²) < 4.78 is 5.26. The lowest BCUT2D eigenvalue weighted by Gasteiger charge is -2.28. The second kappa shape index (κ2) is 7.12. The molecule has 0 saturated carbocycles. The molecule has 88 valence electrons. The van der Waals surface area contributed by atoms with Gasteiger partial charge in [0.2, 0.25) is 0 Å². The number of thioether (sulfide) groups is 1. The van der Waals surface area contributed by atoms with Crippen LogP contribution in [-0.2, 0) is 4.74 Å². The van der Waals surface area contributed by atoms with Crippen molar-refractivity contribution in [3.63, 3.8) is 0 Å². The van der Waals surface area contributed by atoms with Crippen LogP contribution in [0.15, 0.2) is 4.99 Å². The zero-order valence-corrected chi connectivity index (χ0v) is 10.8. The molecule has 3 nitrogen and oxygen atoms in total. The van der Waals surface area contributed by atoms with Gasteiger partial charge in [-0.3, -0.25) is 4.99 Å². The van der Waals surface area contributed by atoms with Crippen LogP contribution in [0.2, 0.25) is 0 Å². The fourth-order valence-corrected chi connectivity index (χ4v) is 2.48. The molecular formula is C11H22N2OS. The lowest BCUT2D eigenvalue weighted by atomic mass is 10.1. The van der Waals surface area contributed by atoms with Crippen molar-refractivity contribution in [1.82, 2.24) is 5.32 Å². The maximum atomic E-state index is 5.26. The lowest BCUT2D eigenvalue weighted by Crippen LogP contribution is -2.41. The van der Waals surface area contributed by atoms with Gasteiger partial charge >= 0.3 is 0 Å². The average molecular weight is 230 g/mol. The molecule has 0 amide bonds. The van der Waals surface area contributed by atoms with Crippen molar-refractivity contribution in [2.75, 3.05) is 25.5 Å². The van der Waals surface area contributed by atoms with Gasteiger partial charge in [-0.2, -0.15) is 0 Å². The SMILES string of the molecule is CCOCCCN=C1NC(C)C(C)CS1. The number of nitrogens with one attached hydrogen (secondary N) is 1. The second-order valence-corrected chi connectivity index (χ2v) is 4.97. The Morgan fingerprint density at radius 2 is 2.33 bits per heavy atom. The third kappa shape index (κ3) is 4.89. The van der Waals surface area contributed by atoms with Gasteiger partial charge < -0.3 is 10.1 Å². The number of ether oxygens (including phenoxy) is 1. The first-order valence-corrected chi connectivity index (χ1v) is 6.74. The number of aliphatic imine (C=N–C) groups is 1. The number of nitrogens with zero attached hydrogens (tertiary/aromatic N) is 1. The minimum Gasteiger partial charge on any atom is -0.382 e. The highest BCUT2D eigenvalue weighted by molar-refractivity contribution is 8.13. The minimum absolute atomic E-state index is 0.553. The van der Waals surface area contributed by atoms with Gasteiger partial charge in [-0.25, -0.2) is 0 Å². The zero-order valence-electron chi connectivity index (χ0n) is 9.95. The molecule has 1 fully saturated rings. The largest absolute Gasteiger partial charge is 0.382 e. The number of amidine groups is 1. The van der Waals surface area contributed by atoms with Crippen LogP contribution in [0.3, 0.4) is 0 Å². The lowest BCUT2D eigenvalue weighted by molar-refractivity contribution is 0.146. The van der Waals surface area contributed by atoms with E-state index in [-0.39, 0.29) is 0 Å². The molecule has 0 bridgehead atoms. The Balaban J connectivity index is 2.17. The van der Waals surface area contributed by atoms with Gasteiger partial charge in [-0.05, 0) is 26.2 Å². The molecule has 2 unspecified atom stereocenters. The Bertz CT molecular complexity index is 209. The van der Waals surface area contributed by atoms with E-state index in [0.717, 1.165) is 37.3 Å². The molecule has 1 rings (SSSR count). The van der Waals surface area contributed by atoms with Gasteiger partial charge in [0, 0.05) is 31.6 Å². The van der Waals surface area contributed by atoms with Gasteiger partial charge in [0.1, 0.15) is 0 Å². The fraction of sp³-hybridized carbons (Fsp3) is 0.909. The molecule has 0 aromatic heterocycles. The van der Waals surface area contributed by atoms with Gasteiger partial charge in [0.05, 0.1) is 0 Å². The highest BCUT2D eigenvalue weighted by atomic mass is 32.2. The molecule has 1 saturated heterocycles. The van der Waals surface area contributed by atoms with E-state index in [1.54, 1.807) is 0 Å². The highest BCUT2D eigenvalue weighted by Gasteiger charge is 2.20. The Morgan fingerprint density at radius 3 is 3.00 bits per heavy atom.